The lowest BCUT2D eigenvalue weighted by molar-refractivity contribution is 0.197. The van der Waals surface area contributed by atoms with Gasteiger partial charge in [0, 0.05) is 12.7 Å². The van der Waals surface area contributed by atoms with Gasteiger partial charge in [-0.15, -0.1) is 0 Å². The number of aryl methyl sites for hydroxylation is 1. The molecule has 0 heterocycles. The Morgan fingerprint density at radius 2 is 1.81 bits per heavy atom. The van der Waals surface area contributed by atoms with E-state index >= 15 is 0 Å². The van der Waals surface area contributed by atoms with Crippen molar-refractivity contribution in [2.24, 2.45) is 0 Å². The number of amides is 2. The minimum atomic E-state index is -0.0529. The van der Waals surface area contributed by atoms with Gasteiger partial charge in [-0.3, -0.25) is 0 Å². The Morgan fingerprint density at radius 3 is 2.62 bits per heavy atom. The average molecular weight is 280 g/mol. The van der Waals surface area contributed by atoms with E-state index in [0.29, 0.717) is 0 Å². The van der Waals surface area contributed by atoms with Gasteiger partial charge in [-0.1, -0.05) is 42.5 Å². The normalized spacial score (nSPS) is 16.9. The van der Waals surface area contributed by atoms with E-state index in [2.05, 4.69) is 29.6 Å². The monoisotopic (exact) mass is 280 g/mol. The fraction of sp³-hybridized carbons (Fsp3) is 0.278. The van der Waals surface area contributed by atoms with Crippen LogP contribution in [0.15, 0.2) is 54.6 Å². The van der Waals surface area contributed by atoms with Crippen LogP contribution in [0.3, 0.4) is 0 Å². The topological polar surface area (TPSA) is 32.3 Å². The predicted molar refractivity (Wildman–Crippen MR) is 85.3 cm³/mol. The highest BCUT2D eigenvalue weighted by atomic mass is 16.2. The molecule has 3 nitrogen and oxygen atoms in total. The van der Waals surface area contributed by atoms with E-state index in [-0.39, 0.29) is 12.1 Å². The Kier molecular flexibility index (Phi) is 3.91. The largest absolute Gasteiger partial charge is 0.322 e. The van der Waals surface area contributed by atoms with Crippen molar-refractivity contribution >= 4 is 11.7 Å². The third-order valence-electron chi connectivity index (χ3n) is 4.15. The zero-order valence-electron chi connectivity index (χ0n) is 12.3. The van der Waals surface area contributed by atoms with E-state index in [1.54, 1.807) is 0 Å². The summed E-state index contributed by atoms with van der Waals surface area (Å²) in [5.41, 5.74) is 3.49. The van der Waals surface area contributed by atoms with Gasteiger partial charge in [-0.25, -0.2) is 4.79 Å². The number of fused-ring (bicyclic) bond motifs is 1. The van der Waals surface area contributed by atoms with Crippen LogP contribution >= 0.6 is 0 Å². The van der Waals surface area contributed by atoms with Crippen molar-refractivity contribution in [2.75, 3.05) is 12.4 Å². The molecule has 0 fully saturated rings. The number of nitrogens with zero attached hydrogens (tertiary/aromatic N) is 1. The van der Waals surface area contributed by atoms with Crippen LogP contribution in [0.5, 0.6) is 0 Å². The summed E-state index contributed by atoms with van der Waals surface area (Å²) in [5, 5.41) is 2.96. The van der Waals surface area contributed by atoms with Gasteiger partial charge in [0.05, 0.1) is 6.04 Å². The molecule has 0 unspecified atom stereocenters. The molecule has 108 valence electrons. The maximum Gasteiger partial charge on any atom is 0.322 e. The molecule has 0 saturated heterocycles. The Morgan fingerprint density at radius 1 is 1.10 bits per heavy atom. The van der Waals surface area contributed by atoms with E-state index in [1.165, 1.54) is 11.1 Å². The molecule has 21 heavy (non-hydrogen) atoms. The molecule has 2 amide bonds. The fourth-order valence-electron chi connectivity index (χ4n) is 3.01. The highest BCUT2D eigenvalue weighted by Crippen LogP contribution is 2.33. The van der Waals surface area contributed by atoms with Crippen LogP contribution in [0.1, 0.15) is 30.0 Å². The van der Waals surface area contributed by atoms with Crippen molar-refractivity contribution in [1.29, 1.82) is 0 Å². The molecule has 2 aromatic carbocycles. The van der Waals surface area contributed by atoms with Crippen LogP contribution < -0.4 is 5.32 Å². The van der Waals surface area contributed by atoms with Crippen LogP contribution in [-0.2, 0) is 6.42 Å². The first-order chi connectivity index (χ1) is 10.3. The molecule has 1 aliphatic rings. The van der Waals surface area contributed by atoms with Gasteiger partial charge < -0.3 is 10.2 Å². The molecule has 0 aliphatic heterocycles. The molecule has 2 aromatic rings. The summed E-state index contributed by atoms with van der Waals surface area (Å²) in [5.74, 6) is 0. The molecule has 0 saturated carbocycles. The minimum absolute atomic E-state index is 0.0529. The predicted octanol–water partition coefficient (Wildman–Crippen LogP) is 4.23. The van der Waals surface area contributed by atoms with Crippen molar-refractivity contribution < 1.29 is 4.79 Å². The summed E-state index contributed by atoms with van der Waals surface area (Å²) in [4.78, 5) is 14.3. The summed E-state index contributed by atoms with van der Waals surface area (Å²) >= 11 is 0. The number of urea groups is 1. The number of hydrogen-bond acceptors (Lipinski definition) is 1. The molecule has 0 aromatic heterocycles. The smallest absolute Gasteiger partial charge is 0.321 e. The Hall–Kier alpha value is -2.29. The number of carbonyl (C=O) groups is 1. The van der Waals surface area contributed by atoms with E-state index in [4.69, 9.17) is 0 Å². The third kappa shape index (κ3) is 2.92. The van der Waals surface area contributed by atoms with Gasteiger partial charge in [0.1, 0.15) is 0 Å². The quantitative estimate of drug-likeness (QED) is 0.877. The van der Waals surface area contributed by atoms with Crippen LogP contribution in [0.25, 0.3) is 0 Å². The van der Waals surface area contributed by atoms with Crippen molar-refractivity contribution in [3.63, 3.8) is 0 Å². The molecule has 1 atom stereocenters. The Balaban J connectivity index is 1.76. The third-order valence-corrected chi connectivity index (χ3v) is 4.15. The van der Waals surface area contributed by atoms with Crippen molar-refractivity contribution in [1.82, 2.24) is 4.90 Å². The maximum absolute atomic E-state index is 12.4. The average Bonchev–Trinajstić information content (AvgIpc) is 2.54. The lowest BCUT2D eigenvalue weighted by atomic mass is 9.87. The number of rotatable bonds is 2. The van der Waals surface area contributed by atoms with E-state index < -0.39 is 0 Å². The molecular weight excluding hydrogens is 260 g/mol. The molecular formula is C18H20N2O. The Bertz CT molecular complexity index is 624. The number of carbonyl (C=O) groups excluding carboxylic acids is 1. The van der Waals surface area contributed by atoms with Crippen LogP contribution in [0.2, 0.25) is 0 Å². The van der Waals surface area contributed by atoms with Crippen molar-refractivity contribution in [2.45, 2.75) is 25.3 Å². The SMILES string of the molecule is CN(C(=O)Nc1ccccc1)[C@@H]1CCCc2ccccc21. The van der Waals surface area contributed by atoms with Crippen LogP contribution in [-0.4, -0.2) is 18.0 Å². The van der Waals surface area contributed by atoms with Crippen LogP contribution in [0, 0.1) is 0 Å². The zero-order valence-corrected chi connectivity index (χ0v) is 12.3. The minimum Gasteiger partial charge on any atom is -0.321 e. The second kappa shape index (κ2) is 6.00. The zero-order chi connectivity index (χ0) is 14.7. The lowest BCUT2D eigenvalue weighted by Gasteiger charge is -2.33. The fourth-order valence-corrected chi connectivity index (χ4v) is 3.01. The molecule has 0 bridgehead atoms. The number of hydrogen-bond donors (Lipinski definition) is 1. The van der Waals surface area contributed by atoms with E-state index in [9.17, 15) is 4.79 Å². The molecule has 3 heteroatoms. The summed E-state index contributed by atoms with van der Waals surface area (Å²) < 4.78 is 0. The maximum atomic E-state index is 12.4. The van der Waals surface area contributed by atoms with Crippen molar-refractivity contribution in [3.8, 4) is 0 Å². The standard InChI is InChI=1S/C18H20N2O/c1-20(18(21)19-15-10-3-2-4-11-15)17-13-7-9-14-8-5-6-12-16(14)17/h2-6,8,10-12,17H,7,9,13H2,1H3,(H,19,21)/t17-/m1/s1. The lowest BCUT2D eigenvalue weighted by Crippen LogP contribution is -2.36. The second-order valence-corrected chi connectivity index (χ2v) is 5.51. The highest BCUT2D eigenvalue weighted by Gasteiger charge is 2.26. The summed E-state index contributed by atoms with van der Waals surface area (Å²) in [6, 6.07) is 18.2. The van der Waals surface area contributed by atoms with E-state index in [1.807, 2.05) is 42.3 Å². The first-order valence-electron chi connectivity index (χ1n) is 7.42. The van der Waals surface area contributed by atoms with Crippen molar-refractivity contribution in [3.05, 3.63) is 65.7 Å². The van der Waals surface area contributed by atoms with E-state index in [0.717, 1.165) is 24.9 Å². The molecule has 3 rings (SSSR count). The van der Waals surface area contributed by atoms with Gasteiger partial charge in [-0.2, -0.15) is 0 Å². The number of anilines is 1. The summed E-state index contributed by atoms with van der Waals surface area (Å²) in [6.07, 6.45) is 3.27. The molecule has 1 aliphatic carbocycles. The van der Waals surface area contributed by atoms with Gasteiger partial charge >= 0.3 is 6.03 Å². The van der Waals surface area contributed by atoms with Gasteiger partial charge in [0.25, 0.3) is 0 Å². The Labute approximate surface area is 125 Å². The molecule has 0 radical (unpaired) electrons. The number of benzene rings is 2. The highest BCUT2D eigenvalue weighted by molar-refractivity contribution is 5.89. The summed E-state index contributed by atoms with van der Waals surface area (Å²) in [6.45, 7) is 0. The summed E-state index contributed by atoms with van der Waals surface area (Å²) in [7, 11) is 1.88. The first-order valence-corrected chi connectivity index (χ1v) is 7.42. The van der Waals surface area contributed by atoms with Gasteiger partial charge in [0.15, 0.2) is 0 Å². The van der Waals surface area contributed by atoms with Gasteiger partial charge in [-0.05, 0) is 42.5 Å². The van der Waals surface area contributed by atoms with Crippen LogP contribution in [0.4, 0.5) is 10.5 Å². The number of nitrogens with one attached hydrogen (secondary N) is 1. The second-order valence-electron chi connectivity index (χ2n) is 5.51. The van der Waals surface area contributed by atoms with Gasteiger partial charge in [0.2, 0.25) is 0 Å². The number of para-hydroxylation sites is 1. The first kappa shape index (κ1) is 13.7. The molecule has 0 spiro atoms. The molecule has 1 N–H and O–H groups in total.